The molecule has 3 heterocycles. The van der Waals surface area contributed by atoms with Crippen LogP contribution in [0.25, 0.3) is 22.1 Å². The van der Waals surface area contributed by atoms with Crippen LogP contribution in [0.15, 0.2) is 27.9 Å². The van der Waals surface area contributed by atoms with Gasteiger partial charge in [-0.25, -0.2) is 15.0 Å². The molecule has 0 amide bonds. The van der Waals surface area contributed by atoms with E-state index >= 15 is 0 Å². The van der Waals surface area contributed by atoms with Gasteiger partial charge in [-0.15, -0.1) is 34.4 Å². The fraction of sp³-hybridized carbons (Fsp3) is 0.143. The average molecular weight is 330 g/mol. The molecule has 0 unspecified atom stereocenters. The van der Waals surface area contributed by atoms with Gasteiger partial charge in [0, 0.05) is 5.38 Å². The Hall–Kier alpha value is -1.75. The molecule has 0 aliphatic heterocycles. The van der Waals surface area contributed by atoms with Gasteiger partial charge in [-0.3, -0.25) is 0 Å². The number of hydrogen-bond acceptors (Lipinski definition) is 7. The predicted octanol–water partition coefficient (Wildman–Crippen LogP) is 4.23. The molecule has 0 fully saturated rings. The van der Waals surface area contributed by atoms with Crippen molar-refractivity contribution in [3.8, 4) is 28.2 Å². The Morgan fingerprint density at radius 2 is 2.10 bits per heavy atom. The Bertz CT molecular complexity index is 815. The molecule has 104 valence electrons. The summed E-state index contributed by atoms with van der Waals surface area (Å²) in [4.78, 5) is 14.5. The molecule has 0 saturated heterocycles. The number of rotatable bonds is 3. The topological polar surface area (TPSA) is 62.5 Å². The van der Waals surface area contributed by atoms with E-state index in [-0.39, 0.29) is 0 Å². The summed E-state index contributed by atoms with van der Waals surface area (Å²) >= 11 is 4.58. The maximum absolute atomic E-state index is 9.44. The lowest BCUT2D eigenvalue weighted by atomic mass is 10.2. The van der Waals surface area contributed by atoms with E-state index in [4.69, 9.17) is 0 Å². The lowest BCUT2D eigenvalue weighted by molar-refractivity contribution is 1.04. The van der Waals surface area contributed by atoms with Gasteiger partial charge >= 0.3 is 0 Å². The molecule has 3 rings (SSSR count). The predicted molar refractivity (Wildman–Crippen MR) is 87.7 cm³/mol. The van der Waals surface area contributed by atoms with Crippen LogP contribution >= 0.6 is 34.4 Å². The molecule has 0 saturated carbocycles. The van der Waals surface area contributed by atoms with Gasteiger partial charge in [-0.1, -0.05) is 6.07 Å². The molecule has 0 atom stereocenters. The number of hydrogen-bond donors (Lipinski definition) is 0. The zero-order valence-electron chi connectivity index (χ0n) is 11.3. The first-order valence-corrected chi connectivity index (χ1v) is 9.04. The highest BCUT2D eigenvalue weighted by molar-refractivity contribution is 7.98. The first kappa shape index (κ1) is 14.2. The number of thiazole rings is 1. The van der Waals surface area contributed by atoms with E-state index in [1.54, 1.807) is 22.7 Å². The summed E-state index contributed by atoms with van der Waals surface area (Å²) in [6, 6.07) is 6.15. The number of thiophene rings is 1. The van der Waals surface area contributed by atoms with Crippen molar-refractivity contribution in [2.75, 3.05) is 6.26 Å². The Morgan fingerprint density at radius 3 is 2.67 bits per heavy atom. The van der Waals surface area contributed by atoms with Gasteiger partial charge in [0.05, 0.1) is 9.88 Å². The summed E-state index contributed by atoms with van der Waals surface area (Å²) in [7, 11) is 0. The Kier molecular flexibility index (Phi) is 4.01. The highest BCUT2D eigenvalue weighted by Gasteiger charge is 2.18. The normalized spacial score (nSPS) is 10.5. The third-order valence-electron chi connectivity index (χ3n) is 2.78. The summed E-state index contributed by atoms with van der Waals surface area (Å²) in [6.45, 7) is 1.95. The first-order chi connectivity index (χ1) is 10.2. The Balaban J connectivity index is 2.25. The van der Waals surface area contributed by atoms with E-state index in [0.29, 0.717) is 22.1 Å². The average Bonchev–Trinajstić information content (AvgIpc) is 3.17. The van der Waals surface area contributed by atoms with Crippen LogP contribution in [-0.4, -0.2) is 21.2 Å². The van der Waals surface area contributed by atoms with Crippen LogP contribution in [0, 0.1) is 18.3 Å². The van der Waals surface area contributed by atoms with Gasteiger partial charge in [-0.2, -0.15) is 5.26 Å². The zero-order chi connectivity index (χ0) is 14.8. The standard InChI is InChI=1S/C14H10N4S3/c1-8-16-10(7-21-8)13-17-12(11-4-3-5-20-11)9(6-15)14(18-13)19-2/h3-5,7H,1-2H3. The van der Waals surface area contributed by atoms with Gasteiger partial charge in [-0.05, 0) is 24.6 Å². The van der Waals surface area contributed by atoms with E-state index in [9.17, 15) is 5.26 Å². The second-order valence-electron chi connectivity index (χ2n) is 4.12. The summed E-state index contributed by atoms with van der Waals surface area (Å²) in [5, 5.41) is 15.0. The molecule has 3 aromatic heterocycles. The van der Waals surface area contributed by atoms with Crippen molar-refractivity contribution in [2.45, 2.75) is 11.9 Å². The number of aromatic nitrogens is 3. The molecule has 0 aliphatic rings. The molecular formula is C14H10N4S3. The molecule has 7 heteroatoms. The number of thioether (sulfide) groups is 1. The fourth-order valence-electron chi connectivity index (χ4n) is 1.86. The van der Waals surface area contributed by atoms with Crippen molar-refractivity contribution in [1.29, 1.82) is 5.26 Å². The Morgan fingerprint density at radius 1 is 1.24 bits per heavy atom. The summed E-state index contributed by atoms with van der Waals surface area (Å²) < 4.78 is 0. The maximum atomic E-state index is 9.44. The lowest BCUT2D eigenvalue weighted by Gasteiger charge is -2.07. The van der Waals surface area contributed by atoms with Crippen LogP contribution in [0.5, 0.6) is 0 Å². The van der Waals surface area contributed by atoms with Crippen LogP contribution in [0.1, 0.15) is 10.6 Å². The van der Waals surface area contributed by atoms with Gasteiger partial charge in [0.2, 0.25) is 0 Å². The molecule has 0 aliphatic carbocycles. The SMILES string of the molecule is CSc1nc(-c2csc(C)n2)nc(-c2cccs2)c1C#N. The maximum Gasteiger partial charge on any atom is 0.180 e. The minimum atomic E-state index is 0.528. The van der Waals surface area contributed by atoms with Crippen molar-refractivity contribution in [1.82, 2.24) is 15.0 Å². The largest absolute Gasteiger partial charge is 0.238 e. The van der Waals surface area contributed by atoms with Crippen LogP contribution in [-0.2, 0) is 0 Å². The Labute approximate surface area is 134 Å². The summed E-state index contributed by atoms with van der Waals surface area (Å²) in [6.07, 6.45) is 1.91. The molecule has 0 aromatic carbocycles. The monoisotopic (exact) mass is 330 g/mol. The second kappa shape index (κ2) is 5.93. The van der Waals surface area contributed by atoms with Crippen molar-refractivity contribution < 1.29 is 0 Å². The molecule has 0 N–H and O–H groups in total. The molecule has 0 bridgehead atoms. The van der Waals surface area contributed by atoms with E-state index in [2.05, 4.69) is 21.0 Å². The minimum Gasteiger partial charge on any atom is -0.238 e. The molecule has 4 nitrogen and oxygen atoms in total. The quantitative estimate of drug-likeness (QED) is 0.531. The fourth-order valence-corrected chi connectivity index (χ4v) is 3.70. The molecule has 3 aromatic rings. The summed E-state index contributed by atoms with van der Waals surface area (Å²) in [5.74, 6) is 0.575. The highest BCUT2D eigenvalue weighted by atomic mass is 32.2. The lowest BCUT2D eigenvalue weighted by Crippen LogP contribution is -1.99. The minimum absolute atomic E-state index is 0.528. The van der Waals surface area contributed by atoms with Gasteiger partial charge in [0.25, 0.3) is 0 Å². The summed E-state index contributed by atoms with van der Waals surface area (Å²) in [5.41, 5.74) is 1.98. The highest BCUT2D eigenvalue weighted by Crippen LogP contribution is 2.32. The number of nitriles is 1. The van der Waals surface area contributed by atoms with E-state index in [1.165, 1.54) is 11.8 Å². The second-order valence-corrected chi connectivity index (χ2v) is 6.93. The molecule has 0 radical (unpaired) electrons. The molecule has 21 heavy (non-hydrogen) atoms. The number of aryl methyl sites for hydroxylation is 1. The van der Waals surface area contributed by atoms with Crippen LogP contribution in [0.4, 0.5) is 0 Å². The van der Waals surface area contributed by atoms with Crippen molar-refractivity contribution in [3.05, 3.63) is 33.5 Å². The smallest absolute Gasteiger partial charge is 0.180 e. The zero-order valence-corrected chi connectivity index (χ0v) is 13.8. The third-order valence-corrected chi connectivity index (χ3v) is 5.12. The van der Waals surface area contributed by atoms with Crippen molar-refractivity contribution >= 4 is 34.4 Å². The van der Waals surface area contributed by atoms with E-state index in [1.807, 2.05) is 36.1 Å². The first-order valence-electron chi connectivity index (χ1n) is 6.05. The molecule has 0 spiro atoms. The third kappa shape index (κ3) is 2.70. The molecular weight excluding hydrogens is 320 g/mol. The van der Waals surface area contributed by atoms with Crippen LogP contribution < -0.4 is 0 Å². The van der Waals surface area contributed by atoms with Gasteiger partial charge in [0.15, 0.2) is 5.82 Å². The van der Waals surface area contributed by atoms with E-state index in [0.717, 1.165) is 15.6 Å². The van der Waals surface area contributed by atoms with Gasteiger partial charge in [0.1, 0.15) is 28.0 Å². The number of nitrogens with zero attached hydrogens (tertiary/aromatic N) is 4. The van der Waals surface area contributed by atoms with Crippen molar-refractivity contribution in [2.24, 2.45) is 0 Å². The van der Waals surface area contributed by atoms with Gasteiger partial charge < -0.3 is 0 Å². The van der Waals surface area contributed by atoms with Crippen LogP contribution in [0.2, 0.25) is 0 Å². The van der Waals surface area contributed by atoms with E-state index < -0.39 is 0 Å². The van der Waals surface area contributed by atoms with Crippen molar-refractivity contribution in [3.63, 3.8) is 0 Å². The van der Waals surface area contributed by atoms with Crippen LogP contribution in [0.3, 0.4) is 0 Å².